The second-order valence-corrected chi connectivity index (χ2v) is 5.01. The van der Waals surface area contributed by atoms with Crippen LogP contribution in [0.15, 0.2) is 42.9 Å². The highest BCUT2D eigenvalue weighted by Gasteiger charge is 2.05. The van der Waals surface area contributed by atoms with Crippen LogP contribution in [-0.2, 0) is 6.54 Å². The Morgan fingerprint density at radius 1 is 1.00 bits per heavy atom. The first-order chi connectivity index (χ1) is 9.74. The van der Waals surface area contributed by atoms with Crippen molar-refractivity contribution >= 4 is 40.1 Å². The lowest BCUT2D eigenvalue weighted by atomic mass is 10.2. The number of benzene rings is 1. The first-order valence-electron chi connectivity index (χ1n) is 5.97. The summed E-state index contributed by atoms with van der Waals surface area (Å²) in [6.45, 7) is 0.583. The zero-order chi connectivity index (χ0) is 13.9. The van der Waals surface area contributed by atoms with E-state index in [0.29, 0.717) is 22.4 Å². The summed E-state index contributed by atoms with van der Waals surface area (Å²) in [7, 11) is 0. The van der Waals surface area contributed by atoms with Crippen molar-refractivity contribution in [1.82, 2.24) is 15.0 Å². The van der Waals surface area contributed by atoms with E-state index in [9.17, 15) is 0 Å². The second-order valence-electron chi connectivity index (χ2n) is 4.20. The van der Waals surface area contributed by atoms with Gasteiger partial charge in [-0.15, -0.1) is 0 Å². The molecular formula is C14H10Cl2N4. The summed E-state index contributed by atoms with van der Waals surface area (Å²) < 4.78 is 0. The molecule has 0 aliphatic rings. The summed E-state index contributed by atoms with van der Waals surface area (Å²) >= 11 is 11.9. The van der Waals surface area contributed by atoms with E-state index in [2.05, 4.69) is 20.3 Å². The van der Waals surface area contributed by atoms with Gasteiger partial charge in [0, 0.05) is 12.7 Å². The molecule has 0 saturated heterocycles. The van der Waals surface area contributed by atoms with Crippen LogP contribution in [0.5, 0.6) is 0 Å². The molecule has 1 aromatic carbocycles. The van der Waals surface area contributed by atoms with Crippen LogP contribution in [0.4, 0.5) is 5.82 Å². The molecule has 6 heteroatoms. The first-order valence-corrected chi connectivity index (χ1v) is 6.73. The van der Waals surface area contributed by atoms with Gasteiger partial charge in [0.2, 0.25) is 0 Å². The van der Waals surface area contributed by atoms with Crippen LogP contribution in [0, 0.1) is 0 Å². The maximum absolute atomic E-state index is 5.99. The van der Waals surface area contributed by atoms with Gasteiger partial charge >= 0.3 is 0 Å². The van der Waals surface area contributed by atoms with Crippen molar-refractivity contribution in [1.29, 1.82) is 0 Å². The molecule has 0 saturated carbocycles. The van der Waals surface area contributed by atoms with E-state index < -0.39 is 0 Å². The number of halogens is 2. The number of aromatic nitrogens is 3. The van der Waals surface area contributed by atoms with Crippen molar-refractivity contribution in [3.63, 3.8) is 0 Å². The fourth-order valence-electron chi connectivity index (χ4n) is 1.86. The normalized spacial score (nSPS) is 10.7. The summed E-state index contributed by atoms with van der Waals surface area (Å²) in [5.41, 5.74) is 2.57. The molecule has 1 N–H and O–H groups in total. The molecule has 0 unspecified atom stereocenters. The molecule has 2 aromatic heterocycles. The Morgan fingerprint density at radius 3 is 2.75 bits per heavy atom. The number of fused-ring (bicyclic) bond motifs is 1. The van der Waals surface area contributed by atoms with Crippen LogP contribution in [-0.4, -0.2) is 15.0 Å². The number of hydrogen-bond donors (Lipinski definition) is 1. The van der Waals surface area contributed by atoms with E-state index in [1.165, 1.54) is 6.33 Å². The fourth-order valence-corrected chi connectivity index (χ4v) is 2.18. The van der Waals surface area contributed by atoms with Gasteiger partial charge in [-0.1, -0.05) is 29.3 Å². The van der Waals surface area contributed by atoms with Crippen molar-refractivity contribution in [2.24, 2.45) is 0 Å². The van der Waals surface area contributed by atoms with Gasteiger partial charge in [-0.05, 0) is 29.8 Å². The zero-order valence-electron chi connectivity index (χ0n) is 10.3. The lowest BCUT2D eigenvalue weighted by Crippen LogP contribution is -2.03. The smallest absolute Gasteiger partial charge is 0.156 e. The Hall–Kier alpha value is -1.91. The summed E-state index contributed by atoms with van der Waals surface area (Å²) in [4.78, 5) is 12.7. The van der Waals surface area contributed by atoms with Crippen molar-refractivity contribution in [2.45, 2.75) is 6.54 Å². The summed E-state index contributed by atoms with van der Waals surface area (Å²) in [5.74, 6) is 0.696. The molecule has 0 aliphatic heterocycles. The summed E-state index contributed by atoms with van der Waals surface area (Å²) in [6.07, 6.45) is 3.23. The molecule has 0 fully saturated rings. The maximum atomic E-state index is 5.99. The number of pyridine rings is 1. The molecule has 0 radical (unpaired) electrons. The van der Waals surface area contributed by atoms with E-state index >= 15 is 0 Å². The highest BCUT2D eigenvalue weighted by atomic mass is 35.5. The molecular weight excluding hydrogens is 295 g/mol. The SMILES string of the molecule is Clc1ccc(CNc2ncnc3cccnc23)cc1Cl. The van der Waals surface area contributed by atoms with E-state index in [1.54, 1.807) is 12.3 Å². The van der Waals surface area contributed by atoms with Gasteiger partial charge in [0.1, 0.15) is 11.8 Å². The van der Waals surface area contributed by atoms with Crippen LogP contribution in [0.3, 0.4) is 0 Å². The molecule has 2 heterocycles. The van der Waals surface area contributed by atoms with E-state index in [1.807, 2.05) is 24.3 Å². The molecule has 3 rings (SSSR count). The molecule has 0 spiro atoms. The zero-order valence-corrected chi connectivity index (χ0v) is 11.9. The molecule has 0 amide bonds. The predicted octanol–water partition coefficient (Wildman–Crippen LogP) is 3.94. The fraction of sp³-hybridized carbons (Fsp3) is 0.0714. The molecule has 0 bridgehead atoms. The van der Waals surface area contributed by atoms with Crippen molar-refractivity contribution < 1.29 is 0 Å². The van der Waals surface area contributed by atoms with E-state index in [-0.39, 0.29) is 0 Å². The lowest BCUT2D eigenvalue weighted by Gasteiger charge is -2.08. The van der Waals surface area contributed by atoms with Crippen molar-refractivity contribution in [3.05, 3.63) is 58.5 Å². The minimum Gasteiger partial charge on any atom is -0.364 e. The molecule has 0 atom stereocenters. The average molecular weight is 305 g/mol. The number of anilines is 1. The van der Waals surface area contributed by atoms with Gasteiger partial charge in [0.15, 0.2) is 5.82 Å². The number of nitrogens with one attached hydrogen (secondary N) is 1. The van der Waals surface area contributed by atoms with Gasteiger partial charge in [-0.2, -0.15) is 0 Å². The van der Waals surface area contributed by atoms with Crippen LogP contribution < -0.4 is 5.32 Å². The minimum atomic E-state index is 0.539. The Kier molecular flexibility index (Phi) is 3.67. The Balaban J connectivity index is 1.85. The predicted molar refractivity (Wildman–Crippen MR) is 81.1 cm³/mol. The molecule has 20 heavy (non-hydrogen) atoms. The minimum absolute atomic E-state index is 0.539. The Bertz CT molecular complexity index is 756. The number of rotatable bonds is 3. The van der Waals surface area contributed by atoms with Crippen LogP contribution >= 0.6 is 23.2 Å². The third kappa shape index (κ3) is 2.66. The van der Waals surface area contributed by atoms with E-state index in [0.717, 1.165) is 16.6 Å². The van der Waals surface area contributed by atoms with Gasteiger partial charge < -0.3 is 5.32 Å². The second kappa shape index (κ2) is 5.61. The summed E-state index contributed by atoms with van der Waals surface area (Å²) in [6, 6.07) is 9.26. The van der Waals surface area contributed by atoms with Gasteiger partial charge in [0.25, 0.3) is 0 Å². The third-order valence-electron chi connectivity index (χ3n) is 2.84. The standard InChI is InChI=1S/C14H10Cl2N4/c15-10-4-3-9(6-11(10)16)7-18-14-13-12(19-8-20-14)2-1-5-17-13/h1-6,8H,7H2,(H,18,19,20). The van der Waals surface area contributed by atoms with Gasteiger partial charge in [0.05, 0.1) is 15.6 Å². The number of hydrogen-bond acceptors (Lipinski definition) is 4. The van der Waals surface area contributed by atoms with E-state index in [4.69, 9.17) is 23.2 Å². The quantitative estimate of drug-likeness (QED) is 0.796. The first kappa shape index (κ1) is 13.1. The topological polar surface area (TPSA) is 50.7 Å². The largest absolute Gasteiger partial charge is 0.364 e. The highest BCUT2D eigenvalue weighted by Crippen LogP contribution is 2.23. The summed E-state index contributed by atoms with van der Waals surface area (Å²) in [5, 5.41) is 4.32. The van der Waals surface area contributed by atoms with Crippen molar-refractivity contribution in [2.75, 3.05) is 5.32 Å². The molecule has 4 nitrogen and oxygen atoms in total. The Labute approximate surface area is 125 Å². The van der Waals surface area contributed by atoms with Crippen molar-refractivity contribution in [3.8, 4) is 0 Å². The van der Waals surface area contributed by atoms with Crippen LogP contribution in [0.1, 0.15) is 5.56 Å². The van der Waals surface area contributed by atoms with Crippen LogP contribution in [0.25, 0.3) is 11.0 Å². The highest BCUT2D eigenvalue weighted by molar-refractivity contribution is 6.42. The third-order valence-corrected chi connectivity index (χ3v) is 3.58. The lowest BCUT2D eigenvalue weighted by molar-refractivity contribution is 1.09. The maximum Gasteiger partial charge on any atom is 0.156 e. The molecule has 0 aliphatic carbocycles. The van der Waals surface area contributed by atoms with Gasteiger partial charge in [-0.25, -0.2) is 9.97 Å². The molecule has 3 aromatic rings. The molecule has 100 valence electrons. The number of nitrogens with zero attached hydrogens (tertiary/aromatic N) is 3. The van der Waals surface area contributed by atoms with Crippen LogP contribution in [0.2, 0.25) is 10.0 Å². The average Bonchev–Trinajstić information content (AvgIpc) is 2.48. The van der Waals surface area contributed by atoms with Gasteiger partial charge in [-0.3, -0.25) is 4.98 Å². The monoisotopic (exact) mass is 304 g/mol. The Morgan fingerprint density at radius 2 is 1.90 bits per heavy atom.